The van der Waals surface area contributed by atoms with Crippen LogP contribution in [0.25, 0.3) is 20.9 Å². The zero-order valence-corrected chi connectivity index (χ0v) is 5.49. The fourth-order valence-corrected chi connectivity index (χ4v) is 0.340. The van der Waals surface area contributed by atoms with E-state index < -0.39 is 18.9 Å². The Bertz CT molecular complexity index is 190. The lowest BCUT2D eigenvalue weighted by Gasteiger charge is -2.15. The third-order valence-corrected chi connectivity index (χ3v) is 0.774. The lowest BCUT2D eigenvalue weighted by molar-refractivity contribution is -0.142. The maximum absolute atomic E-state index is 8.80. The summed E-state index contributed by atoms with van der Waals surface area (Å²) in [6.07, 6.45) is 0. The van der Waals surface area contributed by atoms with Crippen molar-refractivity contribution < 1.29 is 10.2 Å². The molecule has 11 heavy (non-hydrogen) atoms. The average Bonchev–Trinajstić information content (AvgIpc) is 1.97. The maximum atomic E-state index is 8.80. The van der Waals surface area contributed by atoms with Gasteiger partial charge in [0.25, 0.3) is 0 Å². The lowest BCUT2D eigenvalue weighted by Crippen LogP contribution is -2.34. The van der Waals surface area contributed by atoms with Crippen molar-refractivity contribution in [3.63, 3.8) is 0 Å². The average molecular weight is 158 g/mol. The summed E-state index contributed by atoms with van der Waals surface area (Å²) in [4.78, 5) is 4.60. The Morgan fingerprint density at radius 2 is 1.45 bits per heavy atom. The van der Waals surface area contributed by atoms with Crippen LogP contribution in [0.4, 0.5) is 0 Å². The summed E-state index contributed by atoms with van der Waals surface area (Å²) in [5.41, 5.74) is 15.6. The number of nitrogens with zero attached hydrogens (tertiary/aromatic N) is 6. The minimum absolute atomic E-state index is 0.539. The Labute approximate surface area is 61.3 Å². The monoisotopic (exact) mass is 158 g/mol. The minimum Gasteiger partial charge on any atom is -0.365 e. The summed E-state index contributed by atoms with van der Waals surface area (Å²) in [6.45, 7) is -1.08. The van der Waals surface area contributed by atoms with Crippen molar-refractivity contribution in [1.82, 2.24) is 0 Å². The standard InChI is InChI=1S/C3H6N6O2/c4-8-6-1-3(10,11)2-7-9-5/h10-11H,1-2H2. The van der Waals surface area contributed by atoms with Gasteiger partial charge in [0.05, 0.1) is 13.1 Å². The quantitative estimate of drug-likeness (QED) is 0.263. The van der Waals surface area contributed by atoms with Crippen molar-refractivity contribution in [3.05, 3.63) is 20.9 Å². The highest BCUT2D eigenvalue weighted by atomic mass is 16.5. The number of rotatable bonds is 4. The van der Waals surface area contributed by atoms with E-state index in [0.717, 1.165) is 0 Å². The zero-order chi connectivity index (χ0) is 8.74. The molecule has 0 aliphatic rings. The van der Waals surface area contributed by atoms with Gasteiger partial charge in [0.15, 0.2) is 5.79 Å². The van der Waals surface area contributed by atoms with Crippen molar-refractivity contribution in [2.24, 2.45) is 10.2 Å². The topological polar surface area (TPSA) is 138 Å². The van der Waals surface area contributed by atoms with Crippen molar-refractivity contribution >= 4 is 0 Å². The van der Waals surface area contributed by atoms with E-state index >= 15 is 0 Å². The molecule has 0 atom stereocenters. The molecule has 60 valence electrons. The lowest BCUT2D eigenvalue weighted by atomic mass is 10.3. The molecular formula is C3H6N6O2. The molecule has 0 bridgehead atoms. The van der Waals surface area contributed by atoms with Crippen LogP contribution in [0.15, 0.2) is 10.2 Å². The van der Waals surface area contributed by atoms with Crippen LogP contribution >= 0.6 is 0 Å². The van der Waals surface area contributed by atoms with Gasteiger partial charge in [-0.25, -0.2) is 0 Å². The van der Waals surface area contributed by atoms with Gasteiger partial charge in [0, 0.05) is 9.82 Å². The molecule has 0 fully saturated rings. The first kappa shape index (κ1) is 9.54. The molecule has 0 rings (SSSR count). The van der Waals surface area contributed by atoms with Crippen LogP contribution in [0.1, 0.15) is 0 Å². The van der Waals surface area contributed by atoms with E-state index in [0.29, 0.717) is 0 Å². The van der Waals surface area contributed by atoms with Crippen molar-refractivity contribution in [2.75, 3.05) is 13.1 Å². The zero-order valence-electron chi connectivity index (χ0n) is 5.49. The molecule has 0 heterocycles. The molecule has 8 heteroatoms. The summed E-state index contributed by atoms with van der Waals surface area (Å²) in [5, 5.41) is 23.4. The SMILES string of the molecule is [N-]=[N+]=NCC(O)(O)CN=[N+]=[N-]. The summed E-state index contributed by atoms with van der Waals surface area (Å²) in [5.74, 6) is -2.24. The highest BCUT2D eigenvalue weighted by molar-refractivity contribution is 4.70. The van der Waals surface area contributed by atoms with Crippen molar-refractivity contribution in [2.45, 2.75) is 5.79 Å². The van der Waals surface area contributed by atoms with E-state index in [1.165, 1.54) is 0 Å². The summed E-state index contributed by atoms with van der Waals surface area (Å²) in [6, 6.07) is 0. The molecule has 0 unspecified atom stereocenters. The van der Waals surface area contributed by atoms with E-state index in [4.69, 9.17) is 21.3 Å². The van der Waals surface area contributed by atoms with Crippen LogP contribution < -0.4 is 0 Å². The van der Waals surface area contributed by atoms with Gasteiger partial charge in [-0.3, -0.25) is 0 Å². The van der Waals surface area contributed by atoms with Crippen LogP contribution in [0.2, 0.25) is 0 Å². The largest absolute Gasteiger partial charge is 0.365 e. The predicted molar refractivity (Wildman–Crippen MR) is 35.2 cm³/mol. The molecule has 0 aliphatic carbocycles. The summed E-state index contributed by atoms with van der Waals surface area (Å²) >= 11 is 0. The fraction of sp³-hybridized carbons (Fsp3) is 1.00. The second kappa shape index (κ2) is 4.37. The second-order valence-corrected chi connectivity index (χ2v) is 1.76. The highest BCUT2D eigenvalue weighted by Crippen LogP contribution is 2.00. The normalized spacial score (nSPS) is 9.64. The molecule has 0 radical (unpaired) electrons. The van der Waals surface area contributed by atoms with Gasteiger partial charge in [-0.1, -0.05) is 10.2 Å². The molecule has 0 saturated carbocycles. The smallest absolute Gasteiger partial charge is 0.173 e. The Morgan fingerprint density at radius 1 is 1.09 bits per heavy atom. The van der Waals surface area contributed by atoms with Gasteiger partial charge >= 0.3 is 0 Å². The molecule has 2 N–H and O–H groups in total. The third-order valence-electron chi connectivity index (χ3n) is 0.774. The maximum Gasteiger partial charge on any atom is 0.173 e. The molecule has 0 aromatic rings. The molecule has 0 aromatic heterocycles. The van der Waals surface area contributed by atoms with Crippen molar-refractivity contribution in [3.8, 4) is 0 Å². The molecule has 8 nitrogen and oxygen atoms in total. The van der Waals surface area contributed by atoms with Crippen LogP contribution in [0.3, 0.4) is 0 Å². The molecule has 0 amide bonds. The first-order valence-electron chi connectivity index (χ1n) is 2.59. The Kier molecular flexibility index (Phi) is 3.79. The van der Waals surface area contributed by atoms with Crippen LogP contribution in [-0.2, 0) is 0 Å². The minimum atomic E-state index is -2.24. The number of hydrogen-bond donors (Lipinski definition) is 2. The molecule has 0 saturated heterocycles. The van der Waals surface area contributed by atoms with Crippen LogP contribution in [-0.4, -0.2) is 29.1 Å². The fourth-order valence-electron chi connectivity index (χ4n) is 0.340. The molecule has 0 aromatic carbocycles. The molecule has 0 aliphatic heterocycles. The van der Waals surface area contributed by atoms with Gasteiger partial charge in [0.2, 0.25) is 0 Å². The Balaban J connectivity index is 3.98. The Hall–Kier alpha value is -1.46. The van der Waals surface area contributed by atoms with Gasteiger partial charge in [-0.15, -0.1) is 0 Å². The summed E-state index contributed by atoms with van der Waals surface area (Å²) in [7, 11) is 0. The first-order chi connectivity index (χ1) is 5.12. The van der Waals surface area contributed by atoms with Crippen LogP contribution in [0, 0.1) is 0 Å². The van der Waals surface area contributed by atoms with E-state index in [2.05, 4.69) is 20.1 Å². The van der Waals surface area contributed by atoms with E-state index in [-0.39, 0.29) is 0 Å². The number of azide groups is 2. The van der Waals surface area contributed by atoms with Crippen molar-refractivity contribution in [1.29, 1.82) is 0 Å². The molecule has 0 spiro atoms. The number of hydrogen-bond acceptors (Lipinski definition) is 4. The van der Waals surface area contributed by atoms with Gasteiger partial charge in [0.1, 0.15) is 0 Å². The Morgan fingerprint density at radius 3 is 1.73 bits per heavy atom. The van der Waals surface area contributed by atoms with E-state index in [9.17, 15) is 0 Å². The van der Waals surface area contributed by atoms with Crippen LogP contribution in [0.5, 0.6) is 0 Å². The second-order valence-electron chi connectivity index (χ2n) is 1.76. The van der Waals surface area contributed by atoms with Gasteiger partial charge in [-0.2, -0.15) is 0 Å². The molecular weight excluding hydrogens is 152 g/mol. The third kappa shape index (κ3) is 5.01. The summed E-state index contributed by atoms with van der Waals surface area (Å²) < 4.78 is 0. The number of aliphatic hydroxyl groups is 2. The predicted octanol–water partition coefficient (Wildman–Crippen LogP) is 0.288. The first-order valence-corrected chi connectivity index (χ1v) is 2.59. The van der Waals surface area contributed by atoms with E-state index in [1.807, 2.05) is 0 Å². The van der Waals surface area contributed by atoms with Gasteiger partial charge < -0.3 is 10.2 Å². The van der Waals surface area contributed by atoms with E-state index in [1.54, 1.807) is 0 Å². The van der Waals surface area contributed by atoms with Gasteiger partial charge in [-0.05, 0) is 11.1 Å². The highest BCUT2D eigenvalue weighted by Gasteiger charge is 2.20.